The van der Waals surface area contributed by atoms with Crippen LogP contribution in [0, 0.1) is 11.3 Å². The van der Waals surface area contributed by atoms with Crippen LogP contribution < -0.4 is 0 Å². The molecule has 2 fully saturated rings. The molecule has 1 amide bonds. The average Bonchev–Trinajstić information content (AvgIpc) is 3.52. The van der Waals surface area contributed by atoms with Gasteiger partial charge in [0.25, 0.3) is 5.91 Å². The molecule has 0 spiro atoms. The molecule has 2 saturated heterocycles. The maximum absolute atomic E-state index is 13.4. The van der Waals surface area contributed by atoms with Gasteiger partial charge < -0.3 is 9.30 Å². The molecule has 6 nitrogen and oxygen atoms in total. The summed E-state index contributed by atoms with van der Waals surface area (Å²) in [4.78, 5) is 20.5. The number of aliphatic imine (C=N–C) groups is 1. The van der Waals surface area contributed by atoms with E-state index >= 15 is 0 Å². The lowest BCUT2D eigenvalue weighted by Gasteiger charge is -2.19. The number of aromatic nitrogens is 1. The van der Waals surface area contributed by atoms with Crippen LogP contribution in [0.1, 0.15) is 18.4 Å². The summed E-state index contributed by atoms with van der Waals surface area (Å²) in [5, 5.41) is 10.9. The molecule has 0 unspecified atom stereocenters. The quantitative estimate of drug-likeness (QED) is 0.524. The predicted molar refractivity (Wildman–Crippen MR) is 127 cm³/mol. The van der Waals surface area contributed by atoms with E-state index in [0.717, 1.165) is 41.6 Å². The number of hydrogen-bond acceptors (Lipinski definition) is 5. The van der Waals surface area contributed by atoms with Gasteiger partial charge in [0.15, 0.2) is 5.17 Å². The molecule has 32 heavy (non-hydrogen) atoms. The highest BCUT2D eigenvalue weighted by Crippen LogP contribution is 2.36. The average molecular weight is 443 g/mol. The smallest absolute Gasteiger partial charge is 0.266 e. The van der Waals surface area contributed by atoms with Crippen molar-refractivity contribution in [1.82, 2.24) is 9.47 Å². The number of thioether (sulfide) groups is 1. The summed E-state index contributed by atoms with van der Waals surface area (Å²) in [7, 11) is 0. The Morgan fingerprint density at radius 2 is 2.00 bits per heavy atom. The summed E-state index contributed by atoms with van der Waals surface area (Å²) >= 11 is 1.39. The van der Waals surface area contributed by atoms with E-state index in [1.54, 1.807) is 4.90 Å². The van der Waals surface area contributed by atoms with E-state index in [1.165, 1.54) is 11.8 Å². The summed E-state index contributed by atoms with van der Waals surface area (Å²) in [6, 6.07) is 19.8. The van der Waals surface area contributed by atoms with Crippen LogP contribution in [-0.4, -0.2) is 39.8 Å². The second-order valence-corrected chi connectivity index (χ2v) is 8.79. The Labute approximate surface area is 190 Å². The zero-order chi connectivity index (χ0) is 21.9. The molecule has 1 aromatic heterocycles. The molecule has 0 N–H and O–H groups in total. The third-order valence-electron chi connectivity index (χ3n) is 5.63. The van der Waals surface area contributed by atoms with Gasteiger partial charge in [0.05, 0.1) is 29.3 Å². The molecule has 160 valence electrons. The Kier molecular flexibility index (Phi) is 5.80. The van der Waals surface area contributed by atoms with Crippen molar-refractivity contribution < 1.29 is 9.53 Å². The van der Waals surface area contributed by atoms with Crippen LogP contribution in [0.2, 0.25) is 0 Å². The Balaban J connectivity index is 1.53. The molecule has 3 heterocycles. The highest BCUT2D eigenvalue weighted by atomic mass is 32.2. The molecule has 2 aliphatic rings. The van der Waals surface area contributed by atoms with E-state index in [9.17, 15) is 10.1 Å². The highest BCUT2D eigenvalue weighted by molar-refractivity contribution is 8.18. The molecule has 0 radical (unpaired) electrons. The first-order chi connectivity index (χ1) is 15.7. The summed E-state index contributed by atoms with van der Waals surface area (Å²) in [5.41, 5.74) is 2.71. The van der Waals surface area contributed by atoms with E-state index in [-0.39, 0.29) is 18.6 Å². The predicted octanol–water partition coefficient (Wildman–Crippen LogP) is 4.95. The van der Waals surface area contributed by atoms with Crippen molar-refractivity contribution in [3.05, 3.63) is 71.3 Å². The number of amides is 1. The van der Waals surface area contributed by atoms with Crippen molar-refractivity contribution in [3.63, 3.8) is 0 Å². The first-order valence-corrected chi connectivity index (χ1v) is 11.5. The minimum absolute atomic E-state index is 0.0393. The lowest BCUT2D eigenvalue weighted by atomic mass is 10.1. The van der Waals surface area contributed by atoms with Crippen LogP contribution in [0.3, 0.4) is 0 Å². The number of carbonyl (C=O) groups is 1. The Bertz CT molecular complexity index is 1250. The molecular weight excluding hydrogens is 420 g/mol. The molecule has 3 aromatic rings. The Morgan fingerprint density at radius 1 is 1.19 bits per heavy atom. The fourth-order valence-electron chi connectivity index (χ4n) is 4.10. The minimum Gasteiger partial charge on any atom is -0.376 e. The van der Waals surface area contributed by atoms with Crippen molar-refractivity contribution in [1.29, 1.82) is 5.26 Å². The van der Waals surface area contributed by atoms with Crippen LogP contribution >= 0.6 is 11.8 Å². The number of nitrogens with zero attached hydrogens (tertiary/aromatic N) is 4. The number of fused-ring (bicyclic) bond motifs is 1. The lowest BCUT2D eigenvalue weighted by molar-refractivity contribution is -0.123. The SMILES string of the molecule is N#CCn1cc(/C=C2\SC(=Nc3ccccc3)N(C[C@@H]3CCCO3)C2=O)c2ccccc21. The second-order valence-electron chi connectivity index (χ2n) is 7.78. The van der Waals surface area contributed by atoms with Crippen LogP contribution in [0.25, 0.3) is 17.0 Å². The van der Waals surface area contributed by atoms with Crippen LogP contribution in [-0.2, 0) is 16.1 Å². The van der Waals surface area contributed by atoms with Gasteiger partial charge in [-0.2, -0.15) is 5.26 Å². The summed E-state index contributed by atoms with van der Waals surface area (Å²) < 4.78 is 7.70. The summed E-state index contributed by atoms with van der Waals surface area (Å²) in [6.07, 6.45) is 5.86. The van der Waals surface area contributed by atoms with Gasteiger partial charge in [0.1, 0.15) is 6.54 Å². The van der Waals surface area contributed by atoms with Gasteiger partial charge in [0.2, 0.25) is 0 Å². The van der Waals surface area contributed by atoms with Gasteiger partial charge in [-0.3, -0.25) is 9.69 Å². The number of benzene rings is 2. The van der Waals surface area contributed by atoms with E-state index in [2.05, 4.69) is 6.07 Å². The van der Waals surface area contributed by atoms with E-state index < -0.39 is 0 Å². The molecule has 5 rings (SSSR count). The van der Waals surface area contributed by atoms with Gasteiger partial charge >= 0.3 is 0 Å². The molecule has 2 aromatic carbocycles. The zero-order valence-electron chi connectivity index (χ0n) is 17.5. The topological polar surface area (TPSA) is 70.6 Å². The summed E-state index contributed by atoms with van der Waals surface area (Å²) in [6.45, 7) is 1.51. The van der Waals surface area contributed by atoms with Crippen molar-refractivity contribution in [3.8, 4) is 6.07 Å². The number of rotatable bonds is 5. The highest BCUT2D eigenvalue weighted by Gasteiger charge is 2.36. The van der Waals surface area contributed by atoms with Gasteiger partial charge in [-0.05, 0) is 48.9 Å². The van der Waals surface area contributed by atoms with E-state index in [0.29, 0.717) is 16.6 Å². The summed E-state index contributed by atoms with van der Waals surface area (Å²) in [5.74, 6) is -0.0581. The minimum atomic E-state index is -0.0581. The van der Waals surface area contributed by atoms with Crippen molar-refractivity contribution >= 4 is 45.5 Å². The number of carbonyl (C=O) groups excluding carboxylic acids is 1. The molecule has 0 saturated carbocycles. The molecule has 2 aliphatic heterocycles. The van der Waals surface area contributed by atoms with E-state index in [4.69, 9.17) is 9.73 Å². The molecule has 7 heteroatoms. The molecular formula is C25H22N4O2S. The first-order valence-electron chi connectivity index (χ1n) is 10.6. The van der Waals surface area contributed by atoms with Crippen LogP contribution in [0.4, 0.5) is 5.69 Å². The fourth-order valence-corrected chi connectivity index (χ4v) is 5.09. The van der Waals surface area contributed by atoms with Gasteiger partial charge in [-0.1, -0.05) is 36.4 Å². The number of hydrogen-bond donors (Lipinski definition) is 0. The molecule has 0 bridgehead atoms. The van der Waals surface area contributed by atoms with Crippen LogP contribution in [0.15, 0.2) is 70.7 Å². The third kappa shape index (κ3) is 4.07. The fraction of sp³-hybridized carbons (Fsp3) is 0.240. The normalized spacial score (nSPS) is 21.2. The number of amidine groups is 1. The van der Waals surface area contributed by atoms with Crippen molar-refractivity contribution in [2.75, 3.05) is 13.2 Å². The zero-order valence-corrected chi connectivity index (χ0v) is 18.3. The maximum Gasteiger partial charge on any atom is 0.266 e. The van der Waals surface area contributed by atoms with Crippen molar-refractivity contribution in [2.24, 2.45) is 4.99 Å². The second kappa shape index (κ2) is 9.03. The molecule has 0 aliphatic carbocycles. The van der Waals surface area contributed by atoms with Crippen molar-refractivity contribution in [2.45, 2.75) is 25.5 Å². The van der Waals surface area contributed by atoms with Gasteiger partial charge in [-0.15, -0.1) is 0 Å². The first kappa shape index (κ1) is 20.6. The largest absolute Gasteiger partial charge is 0.376 e. The third-order valence-corrected chi connectivity index (χ3v) is 6.63. The number of nitriles is 1. The maximum atomic E-state index is 13.4. The van der Waals surface area contributed by atoms with Crippen LogP contribution in [0.5, 0.6) is 0 Å². The van der Waals surface area contributed by atoms with Gasteiger partial charge in [-0.25, -0.2) is 4.99 Å². The standard InChI is InChI=1S/C25H22N4O2S/c26-12-13-28-16-18(21-10-4-5-11-22(21)28)15-23-24(30)29(17-20-9-6-14-31-20)25(32-23)27-19-7-2-1-3-8-19/h1-5,7-8,10-11,15-16,20H,6,9,13-14,17H2/b23-15-,27-25?/t20-/m0/s1. The van der Waals surface area contributed by atoms with E-state index in [1.807, 2.05) is 71.4 Å². The number of para-hydroxylation sites is 2. The lowest BCUT2D eigenvalue weighted by Crippen LogP contribution is -2.36. The molecule has 1 atom stereocenters. The monoisotopic (exact) mass is 442 g/mol. The Morgan fingerprint density at radius 3 is 2.78 bits per heavy atom. The van der Waals surface area contributed by atoms with Gasteiger partial charge in [0, 0.05) is 29.3 Å². The number of ether oxygens (including phenoxy) is 1. The Hall–Kier alpha value is -3.34.